The predicted octanol–water partition coefficient (Wildman–Crippen LogP) is 1.76. The van der Waals surface area contributed by atoms with Crippen molar-refractivity contribution in [2.24, 2.45) is 5.92 Å². The fourth-order valence-corrected chi connectivity index (χ4v) is 1.26. The van der Waals surface area contributed by atoms with E-state index in [-0.39, 0.29) is 0 Å². The number of aliphatic hydroxyl groups is 1. The number of aliphatic hydroxyl groups excluding tert-OH is 1. The molecule has 0 aliphatic heterocycles. The SMILES string of the molecule is CS[C@@H](C)CC(C)CO. The number of rotatable bonds is 4. The van der Waals surface area contributed by atoms with Crippen LogP contribution >= 0.6 is 11.8 Å². The molecule has 56 valence electrons. The summed E-state index contributed by atoms with van der Waals surface area (Å²) >= 11 is 1.86. The van der Waals surface area contributed by atoms with Gasteiger partial charge in [-0.15, -0.1) is 0 Å². The first-order valence-electron chi connectivity index (χ1n) is 3.34. The summed E-state index contributed by atoms with van der Waals surface area (Å²) in [6, 6.07) is 0. The molecular formula is C7H16OS. The van der Waals surface area contributed by atoms with E-state index in [1.54, 1.807) is 0 Å². The van der Waals surface area contributed by atoms with Gasteiger partial charge >= 0.3 is 0 Å². The lowest BCUT2D eigenvalue weighted by Gasteiger charge is -2.11. The molecule has 0 bridgehead atoms. The first-order chi connectivity index (χ1) is 4.20. The highest BCUT2D eigenvalue weighted by molar-refractivity contribution is 7.99. The van der Waals surface area contributed by atoms with Crippen LogP contribution in [0.3, 0.4) is 0 Å². The van der Waals surface area contributed by atoms with Crippen LogP contribution in [-0.2, 0) is 0 Å². The third-order valence-electron chi connectivity index (χ3n) is 1.45. The van der Waals surface area contributed by atoms with Gasteiger partial charge in [-0.25, -0.2) is 0 Å². The van der Waals surface area contributed by atoms with Crippen molar-refractivity contribution in [1.29, 1.82) is 0 Å². The van der Waals surface area contributed by atoms with Crippen molar-refractivity contribution in [2.75, 3.05) is 12.9 Å². The van der Waals surface area contributed by atoms with E-state index in [4.69, 9.17) is 5.11 Å². The van der Waals surface area contributed by atoms with Crippen LogP contribution in [0.1, 0.15) is 20.3 Å². The Morgan fingerprint density at radius 2 is 2.00 bits per heavy atom. The van der Waals surface area contributed by atoms with Gasteiger partial charge in [0.2, 0.25) is 0 Å². The zero-order valence-electron chi connectivity index (χ0n) is 6.42. The van der Waals surface area contributed by atoms with Crippen LogP contribution in [0.2, 0.25) is 0 Å². The van der Waals surface area contributed by atoms with Crippen molar-refractivity contribution in [3.63, 3.8) is 0 Å². The topological polar surface area (TPSA) is 20.2 Å². The molecule has 0 radical (unpaired) electrons. The molecule has 0 fully saturated rings. The van der Waals surface area contributed by atoms with Gasteiger partial charge in [0.05, 0.1) is 0 Å². The Kier molecular flexibility index (Phi) is 5.30. The summed E-state index contributed by atoms with van der Waals surface area (Å²) in [4.78, 5) is 0. The van der Waals surface area contributed by atoms with E-state index >= 15 is 0 Å². The molecule has 1 N–H and O–H groups in total. The standard InChI is InChI=1S/C7H16OS/c1-6(5-8)4-7(2)9-3/h6-8H,4-5H2,1-3H3/t6?,7-/m0/s1. The average Bonchev–Trinajstić information content (AvgIpc) is 1.87. The van der Waals surface area contributed by atoms with Crippen LogP contribution in [0.4, 0.5) is 0 Å². The van der Waals surface area contributed by atoms with E-state index in [9.17, 15) is 0 Å². The largest absolute Gasteiger partial charge is 0.396 e. The second-order valence-electron chi connectivity index (χ2n) is 2.57. The maximum atomic E-state index is 8.67. The molecule has 0 rings (SSSR count). The first-order valence-corrected chi connectivity index (χ1v) is 4.63. The van der Waals surface area contributed by atoms with Gasteiger partial charge in [0.15, 0.2) is 0 Å². The predicted molar refractivity (Wildman–Crippen MR) is 43.8 cm³/mol. The lowest BCUT2D eigenvalue weighted by Crippen LogP contribution is -2.07. The molecule has 0 heterocycles. The molecule has 0 saturated carbocycles. The summed E-state index contributed by atoms with van der Waals surface area (Å²) < 4.78 is 0. The zero-order chi connectivity index (χ0) is 7.28. The fraction of sp³-hybridized carbons (Fsp3) is 1.00. The maximum absolute atomic E-state index is 8.67. The Morgan fingerprint density at radius 3 is 2.33 bits per heavy atom. The number of hydrogen-bond acceptors (Lipinski definition) is 2. The highest BCUT2D eigenvalue weighted by Crippen LogP contribution is 2.14. The van der Waals surface area contributed by atoms with E-state index in [1.165, 1.54) is 0 Å². The summed E-state index contributed by atoms with van der Waals surface area (Å²) in [7, 11) is 0. The van der Waals surface area contributed by atoms with Gasteiger partial charge in [0.1, 0.15) is 0 Å². The van der Waals surface area contributed by atoms with Gasteiger partial charge in [-0.3, -0.25) is 0 Å². The van der Waals surface area contributed by atoms with Gasteiger partial charge < -0.3 is 5.11 Å². The Labute approximate surface area is 61.8 Å². The van der Waals surface area contributed by atoms with Crippen LogP contribution < -0.4 is 0 Å². The number of hydrogen-bond donors (Lipinski definition) is 1. The van der Waals surface area contributed by atoms with E-state index in [0.29, 0.717) is 17.8 Å². The second-order valence-corrected chi connectivity index (χ2v) is 3.85. The molecule has 1 unspecified atom stereocenters. The van der Waals surface area contributed by atoms with Crippen LogP contribution in [0.5, 0.6) is 0 Å². The Bertz CT molecular complexity index is 57.9. The molecule has 0 aliphatic carbocycles. The molecule has 2 heteroatoms. The van der Waals surface area contributed by atoms with Gasteiger partial charge in [-0.1, -0.05) is 13.8 Å². The molecule has 0 aromatic carbocycles. The van der Waals surface area contributed by atoms with Crippen molar-refractivity contribution < 1.29 is 5.11 Å². The summed E-state index contributed by atoms with van der Waals surface area (Å²) in [5.74, 6) is 0.465. The Balaban J connectivity index is 3.22. The third kappa shape index (κ3) is 4.79. The van der Waals surface area contributed by atoms with Crippen LogP contribution in [0.25, 0.3) is 0 Å². The molecule has 1 nitrogen and oxygen atoms in total. The third-order valence-corrected chi connectivity index (χ3v) is 2.45. The zero-order valence-corrected chi connectivity index (χ0v) is 7.24. The van der Waals surface area contributed by atoms with Gasteiger partial charge in [-0.2, -0.15) is 11.8 Å². The van der Waals surface area contributed by atoms with Crippen LogP contribution in [-0.4, -0.2) is 23.2 Å². The molecule has 0 aliphatic rings. The molecule has 0 spiro atoms. The Hall–Kier alpha value is 0.310. The number of thioether (sulfide) groups is 1. The molecule has 0 aromatic rings. The van der Waals surface area contributed by atoms with Gasteiger partial charge in [0.25, 0.3) is 0 Å². The highest BCUT2D eigenvalue weighted by atomic mass is 32.2. The molecule has 0 aromatic heterocycles. The second kappa shape index (κ2) is 5.12. The minimum absolute atomic E-state index is 0.324. The highest BCUT2D eigenvalue weighted by Gasteiger charge is 2.04. The first kappa shape index (κ1) is 9.31. The molecule has 0 amide bonds. The van der Waals surface area contributed by atoms with E-state index in [0.717, 1.165) is 6.42 Å². The summed E-state index contributed by atoms with van der Waals surface area (Å²) in [6.45, 7) is 4.59. The van der Waals surface area contributed by atoms with Crippen molar-refractivity contribution in [2.45, 2.75) is 25.5 Å². The minimum atomic E-state index is 0.324. The van der Waals surface area contributed by atoms with E-state index in [1.807, 2.05) is 11.8 Å². The van der Waals surface area contributed by atoms with E-state index < -0.39 is 0 Å². The van der Waals surface area contributed by atoms with Crippen molar-refractivity contribution >= 4 is 11.8 Å². The fourth-order valence-electron chi connectivity index (χ4n) is 0.737. The Morgan fingerprint density at radius 1 is 1.44 bits per heavy atom. The van der Waals surface area contributed by atoms with E-state index in [2.05, 4.69) is 20.1 Å². The monoisotopic (exact) mass is 148 g/mol. The van der Waals surface area contributed by atoms with Crippen LogP contribution in [0, 0.1) is 5.92 Å². The summed E-state index contributed by atoms with van der Waals surface area (Å²) in [6.07, 6.45) is 3.23. The molecule has 9 heavy (non-hydrogen) atoms. The molecule has 2 atom stereocenters. The lowest BCUT2D eigenvalue weighted by molar-refractivity contribution is 0.231. The summed E-state index contributed by atoms with van der Waals surface area (Å²) in [5.41, 5.74) is 0. The lowest BCUT2D eigenvalue weighted by atomic mass is 10.1. The van der Waals surface area contributed by atoms with Gasteiger partial charge in [0, 0.05) is 11.9 Å². The average molecular weight is 148 g/mol. The van der Waals surface area contributed by atoms with Gasteiger partial charge in [-0.05, 0) is 18.6 Å². The molecular weight excluding hydrogens is 132 g/mol. The normalized spacial score (nSPS) is 17.3. The summed E-state index contributed by atoms with van der Waals surface area (Å²) in [5, 5.41) is 9.36. The quantitative estimate of drug-likeness (QED) is 0.655. The smallest absolute Gasteiger partial charge is 0.0457 e. The van der Waals surface area contributed by atoms with Crippen molar-refractivity contribution in [3.8, 4) is 0 Å². The minimum Gasteiger partial charge on any atom is -0.396 e. The van der Waals surface area contributed by atoms with Crippen LogP contribution in [0.15, 0.2) is 0 Å². The van der Waals surface area contributed by atoms with Crippen molar-refractivity contribution in [1.82, 2.24) is 0 Å². The maximum Gasteiger partial charge on any atom is 0.0457 e. The molecule has 0 saturated heterocycles. The van der Waals surface area contributed by atoms with Crippen molar-refractivity contribution in [3.05, 3.63) is 0 Å².